The summed E-state index contributed by atoms with van der Waals surface area (Å²) in [5.41, 5.74) is 0.256. The second-order valence-electron chi connectivity index (χ2n) is 8.58. The molecular formula is C27H23Cl2NO5. The molecule has 0 N–H and O–H groups in total. The van der Waals surface area contributed by atoms with Crippen molar-refractivity contribution in [2.45, 2.75) is 39.9 Å². The zero-order chi connectivity index (χ0) is 25.4. The molecule has 0 aliphatic rings. The molecule has 2 aromatic heterocycles. The van der Waals surface area contributed by atoms with E-state index in [1.807, 2.05) is 24.3 Å². The number of ether oxygens (including phenoxy) is 2. The Morgan fingerprint density at radius 2 is 1.46 bits per heavy atom. The van der Waals surface area contributed by atoms with Crippen LogP contribution in [0.2, 0.25) is 10.0 Å². The molecule has 0 unspecified atom stereocenters. The van der Waals surface area contributed by atoms with Crippen LogP contribution in [0.15, 0.2) is 54.7 Å². The van der Waals surface area contributed by atoms with Crippen LogP contribution in [0, 0.1) is 0 Å². The number of esters is 2. The van der Waals surface area contributed by atoms with Crippen molar-refractivity contribution >= 4 is 57.2 Å². The van der Waals surface area contributed by atoms with E-state index in [2.05, 4.69) is 0 Å². The summed E-state index contributed by atoms with van der Waals surface area (Å²) in [6.45, 7) is 6.79. The summed E-state index contributed by atoms with van der Waals surface area (Å²) in [7, 11) is 0. The minimum Gasteiger partial charge on any atom is -0.459 e. The number of hydrogen-bond donors (Lipinski definition) is 0. The predicted octanol–water partition coefficient (Wildman–Crippen LogP) is 6.76. The molecule has 2 aromatic carbocycles. The Hall–Kier alpha value is -3.35. The SMILES string of the molecule is CC(C)OC(=O)c1c(C(=O)OC(C)C)c2c3ccccc3ccn2c1C(=O)c1ccc(Cl)cc1Cl. The van der Waals surface area contributed by atoms with E-state index in [1.165, 1.54) is 22.6 Å². The van der Waals surface area contributed by atoms with Crippen LogP contribution in [0.25, 0.3) is 16.3 Å². The van der Waals surface area contributed by atoms with Crippen LogP contribution in [-0.2, 0) is 9.47 Å². The molecule has 4 rings (SSSR count). The highest BCUT2D eigenvalue weighted by Gasteiger charge is 2.35. The minimum atomic E-state index is -0.808. The van der Waals surface area contributed by atoms with Gasteiger partial charge >= 0.3 is 11.9 Å². The average Bonchev–Trinajstić information content (AvgIpc) is 3.14. The molecule has 0 fully saturated rings. The summed E-state index contributed by atoms with van der Waals surface area (Å²) in [5.74, 6) is -2.10. The van der Waals surface area contributed by atoms with Crippen LogP contribution in [0.3, 0.4) is 0 Å². The van der Waals surface area contributed by atoms with Crippen molar-refractivity contribution in [3.05, 3.63) is 87.2 Å². The monoisotopic (exact) mass is 511 g/mol. The number of nitrogens with zero attached hydrogens (tertiary/aromatic N) is 1. The van der Waals surface area contributed by atoms with Crippen molar-refractivity contribution in [2.24, 2.45) is 0 Å². The van der Waals surface area contributed by atoms with Gasteiger partial charge in [0.2, 0.25) is 5.78 Å². The van der Waals surface area contributed by atoms with E-state index in [-0.39, 0.29) is 27.4 Å². The van der Waals surface area contributed by atoms with Gasteiger partial charge in [-0.3, -0.25) is 4.79 Å². The van der Waals surface area contributed by atoms with Crippen molar-refractivity contribution in [1.82, 2.24) is 4.40 Å². The largest absolute Gasteiger partial charge is 0.459 e. The summed E-state index contributed by atoms with van der Waals surface area (Å²) < 4.78 is 12.5. The maximum absolute atomic E-state index is 13.9. The Morgan fingerprint density at radius 3 is 2.09 bits per heavy atom. The Balaban J connectivity index is 2.15. The number of carbonyl (C=O) groups excluding carboxylic acids is 3. The zero-order valence-corrected chi connectivity index (χ0v) is 21.1. The molecule has 0 radical (unpaired) electrons. The van der Waals surface area contributed by atoms with E-state index in [9.17, 15) is 14.4 Å². The maximum atomic E-state index is 13.9. The summed E-state index contributed by atoms with van der Waals surface area (Å²) in [5, 5.41) is 1.97. The smallest absolute Gasteiger partial charge is 0.341 e. The lowest BCUT2D eigenvalue weighted by molar-refractivity contribution is 0.0330. The number of ketones is 1. The zero-order valence-electron chi connectivity index (χ0n) is 19.6. The first-order chi connectivity index (χ1) is 16.6. The number of aromatic nitrogens is 1. The molecule has 180 valence electrons. The summed E-state index contributed by atoms with van der Waals surface area (Å²) in [6.07, 6.45) is 0.706. The van der Waals surface area contributed by atoms with Gasteiger partial charge in [0.1, 0.15) is 16.8 Å². The number of benzene rings is 2. The highest BCUT2D eigenvalue weighted by molar-refractivity contribution is 6.38. The van der Waals surface area contributed by atoms with Crippen LogP contribution in [0.1, 0.15) is 64.5 Å². The van der Waals surface area contributed by atoms with E-state index in [1.54, 1.807) is 40.0 Å². The number of hydrogen-bond acceptors (Lipinski definition) is 5. The molecule has 8 heteroatoms. The highest BCUT2D eigenvalue weighted by Crippen LogP contribution is 2.34. The molecule has 4 aromatic rings. The molecule has 0 spiro atoms. The fourth-order valence-electron chi connectivity index (χ4n) is 3.98. The first-order valence-corrected chi connectivity index (χ1v) is 11.8. The van der Waals surface area contributed by atoms with Gasteiger partial charge in [-0.1, -0.05) is 47.5 Å². The summed E-state index contributed by atoms with van der Waals surface area (Å²) in [4.78, 5) is 40.7. The van der Waals surface area contributed by atoms with Gasteiger partial charge in [-0.2, -0.15) is 0 Å². The highest BCUT2D eigenvalue weighted by atomic mass is 35.5. The van der Waals surface area contributed by atoms with E-state index >= 15 is 0 Å². The number of fused-ring (bicyclic) bond motifs is 3. The topological polar surface area (TPSA) is 74.1 Å². The lowest BCUT2D eigenvalue weighted by Crippen LogP contribution is -2.20. The Kier molecular flexibility index (Phi) is 6.88. The minimum absolute atomic E-state index is 0.0328. The van der Waals surface area contributed by atoms with E-state index in [4.69, 9.17) is 32.7 Å². The third-order valence-electron chi connectivity index (χ3n) is 5.31. The molecule has 35 heavy (non-hydrogen) atoms. The number of rotatable bonds is 6. The Morgan fingerprint density at radius 1 is 0.829 bits per heavy atom. The molecule has 2 heterocycles. The van der Waals surface area contributed by atoms with Crippen LogP contribution in [0.4, 0.5) is 0 Å². The lowest BCUT2D eigenvalue weighted by Gasteiger charge is -2.12. The second-order valence-corrected chi connectivity index (χ2v) is 9.43. The first kappa shape index (κ1) is 24.8. The molecule has 0 atom stereocenters. The third-order valence-corrected chi connectivity index (χ3v) is 5.86. The van der Waals surface area contributed by atoms with Crippen molar-refractivity contribution in [3.8, 4) is 0 Å². The molecule has 0 aliphatic heterocycles. The van der Waals surface area contributed by atoms with Gasteiger partial charge in [-0.15, -0.1) is 0 Å². The Labute approximate surface area is 212 Å². The predicted molar refractivity (Wildman–Crippen MR) is 136 cm³/mol. The standard InChI is InChI=1S/C27H23Cl2NO5/c1-14(2)34-26(32)21-22(27(33)35-15(3)4)24(25(31)19-10-9-17(28)13-20(19)29)30-12-11-16-7-5-6-8-18(16)23(21)30/h5-15H,1-4H3. The van der Waals surface area contributed by atoms with Gasteiger partial charge < -0.3 is 13.9 Å². The summed E-state index contributed by atoms with van der Waals surface area (Å²) >= 11 is 12.4. The molecule has 0 bridgehead atoms. The van der Waals surface area contributed by atoms with Gasteiger partial charge in [0.05, 0.1) is 22.7 Å². The molecule has 0 aliphatic carbocycles. The second kappa shape index (κ2) is 9.72. The van der Waals surface area contributed by atoms with Crippen molar-refractivity contribution < 1.29 is 23.9 Å². The van der Waals surface area contributed by atoms with Crippen molar-refractivity contribution in [2.75, 3.05) is 0 Å². The summed E-state index contributed by atoms with van der Waals surface area (Å²) in [6, 6.07) is 13.6. The molecule has 6 nitrogen and oxygen atoms in total. The van der Waals surface area contributed by atoms with Gasteiger partial charge in [-0.25, -0.2) is 9.59 Å². The maximum Gasteiger partial charge on any atom is 0.341 e. The third kappa shape index (κ3) is 4.64. The number of carbonyl (C=O) groups is 3. The van der Waals surface area contributed by atoms with E-state index in [0.717, 1.165) is 5.39 Å². The molecule has 0 amide bonds. The fraction of sp³-hybridized carbons (Fsp3) is 0.222. The Bertz CT molecular complexity index is 1490. The quantitative estimate of drug-likeness (QED) is 0.211. The first-order valence-electron chi connectivity index (χ1n) is 11.1. The van der Waals surface area contributed by atoms with Crippen LogP contribution in [-0.4, -0.2) is 34.3 Å². The van der Waals surface area contributed by atoms with Gasteiger partial charge in [0, 0.05) is 22.2 Å². The van der Waals surface area contributed by atoms with Gasteiger partial charge in [0.15, 0.2) is 0 Å². The molecular weight excluding hydrogens is 489 g/mol. The normalized spacial score (nSPS) is 11.4. The van der Waals surface area contributed by atoms with Crippen LogP contribution in [0.5, 0.6) is 0 Å². The molecule has 0 saturated heterocycles. The average molecular weight is 512 g/mol. The number of halogens is 2. The van der Waals surface area contributed by atoms with E-state index < -0.39 is 29.9 Å². The molecule has 0 saturated carbocycles. The fourth-order valence-corrected chi connectivity index (χ4v) is 4.48. The number of pyridine rings is 1. The van der Waals surface area contributed by atoms with Crippen molar-refractivity contribution in [1.29, 1.82) is 0 Å². The van der Waals surface area contributed by atoms with Gasteiger partial charge in [0.25, 0.3) is 0 Å². The van der Waals surface area contributed by atoms with Crippen molar-refractivity contribution in [3.63, 3.8) is 0 Å². The lowest BCUT2D eigenvalue weighted by atomic mass is 10.0. The van der Waals surface area contributed by atoms with Gasteiger partial charge in [-0.05, 0) is 57.3 Å². The van der Waals surface area contributed by atoms with E-state index in [0.29, 0.717) is 15.9 Å². The van der Waals surface area contributed by atoms with Crippen LogP contribution < -0.4 is 0 Å². The van der Waals surface area contributed by atoms with Crippen LogP contribution >= 0.6 is 23.2 Å².